The van der Waals surface area contributed by atoms with Crippen LogP contribution in [0.25, 0.3) is 5.52 Å². The van der Waals surface area contributed by atoms with Crippen molar-refractivity contribution in [2.24, 2.45) is 5.10 Å². The van der Waals surface area contributed by atoms with Gasteiger partial charge in [0.25, 0.3) is 0 Å². The summed E-state index contributed by atoms with van der Waals surface area (Å²) in [6, 6.07) is 11.5. The van der Waals surface area contributed by atoms with E-state index in [1.807, 2.05) is 41.9 Å². The molecule has 1 aliphatic heterocycles. The molecule has 1 aliphatic rings. The van der Waals surface area contributed by atoms with E-state index in [4.69, 9.17) is 0 Å². The maximum Gasteiger partial charge on any atom is 0.210 e. The molecule has 0 atom stereocenters. The van der Waals surface area contributed by atoms with Gasteiger partial charge in [0.05, 0.1) is 17.4 Å². The zero-order valence-corrected chi connectivity index (χ0v) is 15.4. The number of hydrazone groups is 1. The van der Waals surface area contributed by atoms with E-state index < -0.39 is 0 Å². The third-order valence-electron chi connectivity index (χ3n) is 5.14. The van der Waals surface area contributed by atoms with Gasteiger partial charge in [-0.1, -0.05) is 6.07 Å². The number of fused-ring (bicyclic) bond motifs is 1. The number of hydrogen-bond acceptors (Lipinski definition) is 3. The van der Waals surface area contributed by atoms with Crippen molar-refractivity contribution >= 4 is 17.5 Å². The van der Waals surface area contributed by atoms with Crippen molar-refractivity contribution in [2.45, 2.75) is 26.2 Å². The molecule has 0 radical (unpaired) electrons. The van der Waals surface area contributed by atoms with Crippen molar-refractivity contribution < 1.29 is 9.18 Å². The van der Waals surface area contributed by atoms with Gasteiger partial charge in [-0.25, -0.2) is 4.39 Å². The van der Waals surface area contributed by atoms with Crippen molar-refractivity contribution in [2.75, 3.05) is 13.1 Å². The van der Waals surface area contributed by atoms with Gasteiger partial charge < -0.3 is 4.40 Å². The topological polar surface area (TPSA) is 37.1 Å². The van der Waals surface area contributed by atoms with Crippen molar-refractivity contribution in [3.05, 3.63) is 76.9 Å². The van der Waals surface area contributed by atoms with Crippen LogP contribution in [-0.2, 0) is 0 Å². The maximum atomic E-state index is 13.2. The highest BCUT2D eigenvalue weighted by Gasteiger charge is 2.21. The summed E-state index contributed by atoms with van der Waals surface area (Å²) in [6.07, 6.45) is 7.35. The minimum atomic E-state index is -0.349. The Labute approximate surface area is 157 Å². The summed E-state index contributed by atoms with van der Waals surface area (Å²) in [6.45, 7) is 3.90. The number of pyridine rings is 1. The lowest BCUT2D eigenvalue weighted by atomic mass is 10.0. The minimum Gasteiger partial charge on any atom is -0.313 e. The van der Waals surface area contributed by atoms with Crippen LogP contribution in [0.15, 0.2) is 53.8 Å². The Bertz CT molecular complexity index is 998. The van der Waals surface area contributed by atoms with Crippen LogP contribution >= 0.6 is 0 Å². The van der Waals surface area contributed by atoms with Gasteiger partial charge in [0.2, 0.25) is 5.78 Å². The average Bonchev–Trinajstić information content (AvgIpc) is 2.98. The summed E-state index contributed by atoms with van der Waals surface area (Å²) < 4.78 is 15.1. The number of aromatic nitrogens is 1. The van der Waals surface area contributed by atoms with Crippen LogP contribution in [0.2, 0.25) is 0 Å². The largest absolute Gasteiger partial charge is 0.313 e. The molecule has 1 aromatic carbocycles. The smallest absolute Gasteiger partial charge is 0.210 e. The van der Waals surface area contributed by atoms with Crippen LogP contribution in [0, 0.1) is 12.7 Å². The number of benzene rings is 1. The highest BCUT2D eigenvalue weighted by atomic mass is 19.1. The summed E-state index contributed by atoms with van der Waals surface area (Å²) in [5, 5.41) is 6.75. The molecule has 1 fully saturated rings. The molecular weight excluding hydrogens is 341 g/mol. The van der Waals surface area contributed by atoms with Crippen LogP contribution in [-0.4, -0.2) is 34.5 Å². The molecule has 27 heavy (non-hydrogen) atoms. The van der Waals surface area contributed by atoms with E-state index in [1.54, 1.807) is 0 Å². The van der Waals surface area contributed by atoms with E-state index in [1.165, 1.54) is 43.5 Å². The van der Waals surface area contributed by atoms with E-state index in [2.05, 4.69) is 10.1 Å². The lowest BCUT2D eigenvalue weighted by Crippen LogP contribution is -2.24. The first-order valence-electron chi connectivity index (χ1n) is 9.34. The second-order valence-electron chi connectivity index (χ2n) is 6.94. The fourth-order valence-electron chi connectivity index (χ4n) is 3.67. The van der Waals surface area contributed by atoms with Crippen LogP contribution in [0.5, 0.6) is 0 Å². The molecule has 5 heteroatoms. The van der Waals surface area contributed by atoms with Crippen molar-refractivity contribution in [3.63, 3.8) is 0 Å². The monoisotopic (exact) mass is 363 g/mol. The van der Waals surface area contributed by atoms with Gasteiger partial charge in [0, 0.05) is 30.4 Å². The molecule has 0 bridgehead atoms. The van der Waals surface area contributed by atoms with Gasteiger partial charge in [-0.3, -0.25) is 9.80 Å². The fourth-order valence-corrected chi connectivity index (χ4v) is 3.67. The molecule has 4 nitrogen and oxygen atoms in total. The van der Waals surface area contributed by atoms with Crippen LogP contribution in [0.1, 0.15) is 46.4 Å². The molecule has 0 N–H and O–H groups in total. The fraction of sp³-hybridized carbons (Fsp3) is 0.273. The molecule has 4 rings (SSSR count). The normalized spacial score (nSPS) is 15.0. The van der Waals surface area contributed by atoms with Gasteiger partial charge in [-0.05, 0) is 68.1 Å². The molecule has 3 aromatic rings. The molecular formula is C22H22FN3O. The zero-order chi connectivity index (χ0) is 18.8. The molecule has 0 amide bonds. The maximum absolute atomic E-state index is 13.2. The minimum absolute atomic E-state index is 0.119. The van der Waals surface area contributed by atoms with E-state index in [0.717, 1.165) is 29.7 Å². The molecule has 1 saturated heterocycles. The van der Waals surface area contributed by atoms with Crippen molar-refractivity contribution in [1.82, 2.24) is 9.41 Å². The highest BCUT2D eigenvalue weighted by Crippen LogP contribution is 2.24. The predicted molar refractivity (Wildman–Crippen MR) is 105 cm³/mol. The molecule has 138 valence electrons. The molecule has 0 aliphatic carbocycles. The first-order chi connectivity index (χ1) is 13.1. The second kappa shape index (κ2) is 7.35. The number of rotatable bonds is 4. The lowest BCUT2D eigenvalue weighted by molar-refractivity contribution is 0.103. The average molecular weight is 363 g/mol. The van der Waals surface area contributed by atoms with Gasteiger partial charge >= 0.3 is 0 Å². The Hall–Kier alpha value is -2.95. The summed E-state index contributed by atoms with van der Waals surface area (Å²) in [4.78, 5) is 13.1. The Morgan fingerprint density at radius 3 is 2.56 bits per heavy atom. The van der Waals surface area contributed by atoms with Crippen LogP contribution in [0.4, 0.5) is 4.39 Å². The zero-order valence-electron chi connectivity index (χ0n) is 15.4. The third-order valence-corrected chi connectivity index (χ3v) is 5.14. The summed E-state index contributed by atoms with van der Waals surface area (Å²) >= 11 is 0. The Morgan fingerprint density at radius 2 is 1.81 bits per heavy atom. The lowest BCUT2D eigenvalue weighted by Gasteiger charge is -2.23. The molecule has 0 spiro atoms. The summed E-state index contributed by atoms with van der Waals surface area (Å²) in [5.41, 5.74) is 3.85. The third kappa shape index (κ3) is 3.37. The standard InChI is InChI=1S/C22H22FN3O/c1-16-19(15-24-25-12-4-2-5-13-25)20-7-3-6-14-26(20)21(16)22(27)17-8-10-18(23)11-9-17/h3,6-11,14-15H,2,4-5,12-13H2,1H3/b24-15+. The first kappa shape index (κ1) is 17.5. The second-order valence-corrected chi connectivity index (χ2v) is 6.94. The number of carbonyl (C=O) groups excluding carboxylic acids is 1. The number of piperidine rings is 1. The number of carbonyl (C=O) groups is 1. The van der Waals surface area contributed by atoms with Gasteiger partial charge in [0.15, 0.2) is 0 Å². The van der Waals surface area contributed by atoms with E-state index in [9.17, 15) is 9.18 Å². The van der Waals surface area contributed by atoms with Crippen molar-refractivity contribution in [3.8, 4) is 0 Å². The number of nitrogens with zero attached hydrogens (tertiary/aromatic N) is 3. The van der Waals surface area contributed by atoms with Crippen LogP contribution < -0.4 is 0 Å². The van der Waals surface area contributed by atoms with E-state index in [0.29, 0.717) is 11.3 Å². The Balaban J connectivity index is 1.77. The SMILES string of the molecule is Cc1c(/C=N/N2CCCCC2)c2ccccn2c1C(=O)c1ccc(F)cc1. The Morgan fingerprint density at radius 1 is 1.07 bits per heavy atom. The Kier molecular flexibility index (Phi) is 4.75. The van der Waals surface area contributed by atoms with Gasteiger partial charge in [-0.15, -0.1) is 0 Å². The molecule has 0 saturated carbocycles. The van der Waals surface area contributed by atoms with Crippen LogP contribution in [0.3, 0.4) is 0 Å². The van der Waals surface area contributed by atoms with E-state index >= 15 is 0 Å². The molecule has 0 unspecified atom stereocenters. The molecule has 3 heterocycles. The molecule has 2 aromatic heterocycles. The summed E-state index contributed by atoms with van der Waals surface area (Å²) in [7, 11) is 0. The number of halogens is 1. The van der Waals surface area contributed by atoms with Crippen molar-refractivity contribution in [1.29, 1.82) is 0 Å². The van der Waals surface area contributed by atoms with Gasteiger partial charge in [-0.2, -0.15) is 5.10 Å². The number of ketones is 1. The first-order valence-corrected chi connectivity index (χ1v) is 9.34. The highest BCUT2D eigenvalue weighted by molar-refractivity contribution is 6.11. The summed E-state index contributed by atoms with van der Waals surface area (Å²) in [5.74, 6) is -0.469. The van der Waals surface area contributed by atoms with E-state index in [-0.39, 0.29) is 11.6 Å². The number of hydrogen-bond donors (Lipinski definition) is 0. The predicted octanol–water partition coefficient (Wildman–Crippen LogP) is 4.44. The van der Waals surface area contributed by atoms with Gasteiger partial charge in [0.1, 0.15) is 5.82 Å². The quantitative estimate of drug-likeness (QED) is 0.508.